The summed E-state index contributed by atoms with van der Waals surface area (Å²) in [7, 11) is 0. The first kappa shape index (κ1) is 25.0. The zero-order valence-electron chi connectivity index (χ0n) is 16.7. The number of unbranched alkanes of at least 4 members (excludes halogenated alkanes) is 3. The summed E-state index contributed by atoms with van der Waals surface area (Å²) in [6.45, 7) is 8.40. The molecule has 0 bridgehead atoms. The zero-order chi connectivity index (χ0) is 19.3. The maximum Gasteiger partial charge on any atom is 0.233 e. The number of ketones is 1. The van der Waals surface area contributed by atoms with Gasteiger partial charge in [0.15, 0.2) is 0 Å². The molecule has 0 aliphatic carbocycles. The molecule has 0 radical (unpaired) electrons. The third-order valence-electron chi connectivity index (χ3n) is 4.04. The largest absolute Gasteiger partial charge is 0.355 e. The molecular formula is C19H41N5O2. The predicted molar refractivity (Wildman–Crippen MR) is 108 cm³/mol. The van der Waals surface area contributed by atoms with Gasteiger partial charge in [-0.1, -0.05) is 6.42 Å². The number of nitrogens with two attached hydrogens (primary N) is 1. The van der Waals surface area contributed by atoms with Crippen LogP contribution in [-0.2, 0) is 9.59 Å². The maximum atomic E-state index is 11.6. The molecule has 0 aromatic rings. The summed E-state index contributed by atoms with van der Waals surface area (Å²) >= 11 is 0. The molecule has 0 aromatic carbocycles. The van der Waals surface area contributed by atoms with Crippen LogP contribution in [0.25, 0.3) is 0 Å². The van der Waals surface area contributed by atoms with Gasteiger partial charge in [0, 0.05) is 13.0 Å². The molecule has 7 nitrogen and oxygen atoms in total. The number of carbonyl (C=O) groups excluding carboxylic acids is 2. The van der Waals surface area contributed by atoms with Crippen molar-refractivity contribution in [2.45, 2.75) is 58.3 Å². The lowest BCUT2D eigenvalue weighted by Gasteiger charge is -2.08. The van der Waals surface area contributed by atoms with E-state index >= 15 is 0 Å². The quantitative estimate of drug-likeness (QED) is 0.200. The lowest BCUT2D eigenvalue weighted by atomic mass is 10.1. The van der Waals surface area contributed by atoms with Gasteiger partial charge in [0.05, 0.1) is 6.54 Å². The van der Waals surface area contributed by atoms with Crippen LogP contribution < -0.4 is 27.0 Å². The lowest BCUT2D eigenvalue weighted by molar-refractivity contribution is -0.120. The van der Waals surface area contributed by atoms with Gasteiger partial charge in [0.1, 0.15) is 5.78 Å². The van der Waals surface area contributed by atoms with Crippen molar-refractivity contribution >= 4 is 11.7 Å². The molecule has 6 N–H and O–H groups in total. The van der Waals surface area contributed by atoms with Crippen LogP contribution in [0.15, 0.2) is 0 Å². The van der Waals surface area contributed by atoms with Crippen LogP contribution in [0, 0.1) is 0 Å². The molecule has 0 saturated heterocycles. The van der Waals surface area contributed by atoms with Crippen molar-refractivity contribution < 1.29 is 9.59 Å². The third kappa shape index (κ3) is 21.0. The zero-order valence-corrected chi connectivity index (χ0v) is 16.7. The van der Waals surface area contributed by atoms with E-state index in [2.05, 4.69) is 21.3 Å². The van der Waals surface area contributed by atoms with Gasteiger partial charge in [-0.25, -0.2) is 0 Å². The highest BCUT2D eigenvalue weighted by Crippen LogP contribution is 1.99. The Morgan fingerprint density at radius 3 is 1.92 bits per heavy atom. The van der Waals surface area contributed by atoms with Crippen LogP contribution in [0.3, 0.4) is 0 Å². The van der Waals surface area contributed by atoms with Crippen molar-refractivity contribution in [1.82, 2.24) is 21.3 Å². The minimum atomic E-state index is 0.0478. The fourth-order valence-corrected chi connectivity index (χ4v) is 2.48. The summed E-state index contributed by atoms with van der Waals surface area (Å²) in [6.07, 6.45) is 7.92. The van der Waals surface area contributed by atoms with Gasteiger partial charge in [-0.15, -0.1) is 0 Å². The first-order valence-electron chi connectivity index (χ1n) is 10.2. The Balaban J connectivity index is 3.15. The van der Waals surface area contributed by atoms with Gasteiger partial charge in [0.2, 0.25) is 5.91 Å². The summed E-state index contributed by atoms with van der Waals surface area (Å²) in [5.74, 6) is 0.287. The van der Waals surface area contributed by atoms with E-state index in [0.29, 0.717) is 19.5 Å². The van der Waals surface area contributed by atoms with Gasteiger partial charge in [0.25, 0.3) is 0 Å². The molecule has 26 heavy (non-hydrogen) atoms. The van der Waals surface area contributed by atoms with Crippen LogP contribution in [0.2, 0.25) is 0 Å². The smallest absolute Gasteiger partial charge is 0.233 e. The first-order valence-corrected chi connectivity index (χ1v) is 10.2. The molecule has 1 amide bonds. The average molecular weight is 372 g/mol. The molecule has 0 spiro atoms. The van der Waals surface area contributed by atoms with E-state index in [4.69, 9.17) is 5.73 Å². The fraction of sp³-hybridized carbons (Fsp3) is 0.895. The normalized spacial score (nSPS) is 10.8. The molecule has 154 valence electrons. The second kappa shape index (κ2) is 20.3. The number of hydrogen-bond acceptors (Lipinski definition) is 6. The number of hydrogen-bond donors (Lipinski definition) is 5. The van der Waals surface area contributed by atoms with E-state index in [0.717, 1.165) is 71.4 Å². The Kier molecular flexibility index (Phi) is 19.5. The second-order valence-corrected chi connectivity index (χ2v) is 6.74. The molecular weight excluding hydrogens is 330 g/mol. The monoisotopic (exact) mass is 371 g/mol. The van der Waals surface area contributed by atoms with Crippen LogP contribution in [0.1, 0.15) is 58.3 Å². The third-order valence-corrected chi connectivity index (χ3v) is 4.04. The Morgan fingerprint density at radius 2 is 1.27 bits per heavy atom. The van der Waals surface area contributed by atoms with E-state index in [1.165, 1.54) is 12.8 Å². The summed E-state index contributed by atoms with van der Waals surface area (Å²) in [6, 6.07) is 0. The van der Waals surface area contributed by atoms with Gasteiger partial charge >= 0.3 is 0 Å². The summed E-state index contributed by atoms with van der Waals surface area (Å²) in [5, 5.41) is 12.9. The summed E-state index contributed by atoms with van der Waals surface area (Å²) in [4.78, 5) is 22.4. The molecule has 0 atom stereocenters. The van der Waals surface area contributed by atoms with Crippen molar-refractivity contribution in [2.24, 2.45) is 5.73 Å². The van der Waals surface area contributed by atoms with Gasteiger partial charge in [-0.05, 0) is 84.7 Å². The molecule has 0 aliphatic heterocycles. The Hall–Kier alpha value is -1.02. The van der Waals surface area contributed by atoms with E-state index in [-0.39, 0.29) is 11.7 Å². The molecule has 0 fully saturated rings. The van der Waals surface area contributed by atoms with E-state index < -0.39 is 0 Å². The number of nitrogens with one attached hydrogen (secondary N) is 4. The maximum absolute atomic E-state index is 11.6. The van der Waals surface area contributed by atoms with Crippen molar-refractivity contribution in [3.05, 3.63) is 0 Å². The molecule has 0 aliphatic rings. The van der Waals surface area contributed by atoms with Crippen LogP contribution >= 0.6 is 0 Å². The minimum absolute atomic E-state index is 0.0478. The van der Waals surface area contributed by atoms with Crippen molar-refractivity contribution in [3.63, 3.8) is 0 Å². The molecule has 0 aromatic heterocycles. The van der Waals surface area contributed by atoms with Gasteiger partial charge in [-0.2, -0.15) is 0 Å². The van der Waals surface area contributed by atoms with Crippen LogP contribution in [-0.4, -0.2) is 64.0 Å². The SMILES string of the molecule is CC(=O)CCCCCNC(=O)CNCCCNCCCCNCCCN. The Bertz CT molecular complexity index is 340. The molecule has 0 rings (SSSR count). The van der Waals surface area contributed by atoms with E-state index in [9.17, 15) is 9.59 Å². The Labute approximate surface area is 159 Å². The lowest BCUT2D eigenvalue weighted by Crippen LogP contribution is -2.35. The highest BCUT2D eigenvalue weighted by molar-refractivity contribution is 5.77. The van der Waals surface area contributed by atoms with E-state index in [1.54, 1.807) is 6.92 Å². The Morgan fingerprint density at radius 1 is 0.692 bits per heavy atom. The predicted octanol–water partition coefficient (Wildman–Crippen LogP) is 0.540. The van der Waals surface area contributed by atoms with Crippen LogP contribution in [0.4, 0.5) is 0 Å². The number of Topliss-reactive ketones (excluding diaryl/α,β-unsaturated/α-hetero) is 1. The molecule has 0 unspecified atom stereocenters. The summed E-state index contributed by atoms with van der Waals surface area (Å²) < 4.78 is 0. The average Bonchev–Trinajstić information content (AvgIpc) is 2.61. The first-order chi connectivity index (χ1) is 12.7. The molecule has 7 heteroatoms. The highest BCUT2D eigenvalue weighted by atomic mass is 16.1. The number of rotatable bonds is 20. The van der Waals surface area contributed by atoms with Crippen LogP contribution in [0.5, 0.6) is 0 Å². The number of carbonyl (C=O) groups is 2. The topological polar surface area (TPSA) is 108 Å². The molecule has 0 heterocycles. The van der Waals surface area contributed by atoms with Gasteiger partial charge < -0.3 is 31.8 Å². The molecule has 0 saturated carbocycles. The minimum Gasteiger partial charge on any atom is -0.355 e. The van der Waals surface area contributed by atoms with Gasteiger partial charge in [-0.3, -0.25) is 4.79 Å². The van der Waals surface area contributed by atoms with E-state index in [1.807, 2.05) is 0 Å². The second-order valence-electron chi connectivity index (χ2n) is 6.74. The number of amides is 1. The fourth-order valence-electron chi connectivity index (χ4n) is 2.48. The van der Waals surface area contributed by atoms with Crippen molar-refractivity contribution in [3.8, 4) is 0 Å². The summed E-state index contributed by atoms with van der Waals surface area (Å²) in [5.41, 5.74) is 5.43. The van der Waals surface area contributed by atoms with Crippen molar-refractivity contribution in [1.29, 1.82) is 0 Å². The highest BCUT2D eigenvalue weighted by Gasteiger charge is 2.00. The standard InChI is InChI=1S/C19H41N5O2/c1-18(25)9-3-2-4-16-24-19(26)17-23-15-8-14-22-12-6-5-11-21-13-7-10-20/h21-23H,2-17,20H2,1H3,(H,24,26). The van der Waals surface area contributed by atoms with Crippen molar-refractivity contribution in [2.75, 3.05) is 52.4 Å².